The molecule has 0 heterocycles. The maximum absolute atomic E-state index is 11.7. The Hall–Kier alpha value is -0.353. The standard InChI is InChI=1S/C29H52O3Si/c1-8-33(6,7)32-22-15-17-28(3)21(19-22)10-11-23-25-13-12-24(20(2)9-14-27(30)31-5)29(25,4)18-16-26(23)28/h20-26H,8-19H2,1-7H3/t20-,21-,22+,23+,24-,25+,26+,28+,29-/m1/s1. The van der Waals surface area contributed by atoms with Crippen molar-refractivity contribution in [3.8, 4) is 0 Å². The predicted molar refractivity (Wildman–Crippen MR) is 138 cm³/mol. The van der Waals surface area contributed by atoms with Gasteiger partial charge in [-0.1, -0.05) is 27.7 Å². The lowest BCUT2D eigenvalue weighted by molar-refractivity contribution is -0.141. The maximum Gasteiger partial charge on any atom is 0.305 e. The second-order valence-electron chi connectivity index (χ2n) is 13.6. The fraction of sp³-hybridized carbons (Fsp3) is 0.966. The zero-order valence-corrected chi connectivity index (χ0v) is 23.8. The highest BCUT2D eigenvalue weighted by Gasteiger charge is 2.60. The van der Waals surface area contributed by atoms with Crippen molar-refractivity contribution in [1.82, 2.24) is 0 Å². The van der Waals surface area contributed by atoms with Gasteiger partial charge in [0.15, 0.2) is 8.32 Å². The largest absolute Gasteiger partial charge is 0.469 e. The van der Waals surface area contributed by atoms with E-state index in [1.54, 1.807) is 0 Å². The summed E-state index contributed by atoms with van der Waals surface area (Å²) >= 11 is 0. The molecule has 3 nitrogen and oxygen atoms in total. The second kappa shape index (κ2) is 9.60. The first-order valence-corrected chi connectivity index (χ1v) is 17.4. The summed E-state index contributed by atoms with van der Waals surface area (Å²) in [6, 6.07) is 1.23. The second-order valence-corrected chi connectivity index (χ2v) is 18.1. The highest BCUT2D eigenvalue weighted by molar-refractivity contribution is 6.71. The molecular weight excluding hydrogens is 424 g/mol. The van der Waals surface area contributed by atoms with Gasteiger partial charge in [0.2, 0.25) is 0 Å². The molecule has 0 radical (unpaired) electrons. The molecular formula is C29H52O3Si. The van der Waals surface area contributed by atoms with Gasteiger partial charge in [-0.3, -0.25) is 4.79 Å². The third-order valence-corrected chi connectivity index (χ3v) is 14.4. The van der Waals surface area contributed by atoms with Crippen LogP contribution in [0.4, 0.5) is 0 Å². The van der Waals surface area contributed by atoms with Crippen molar-refractivity contribution in [2.45, 2.75) is 124 Å². The number of fused-ring (bicyclic) bond motifs is 5. The number of hydrogen-bond acceptors (Lipinski definition) is 3. The van der Waals surface area contributed by atoms with Crippen LogP contribution in [0.3, 0.4) is 0 Å². The molecule has 4 fully saturated rings. The molecule has 4 heteroatoms. The van der Waals surface area contributed by atoms with Gasteiger partial charge >= 0.3 is 5.97 Å². The number of methoxy groups -OCH3 is 1. The van der Waals surface area contributed by atoms with Crippen molar-refractivity contribution in [3.63, 3.8) is 0 Å². The highest BCUT2D eigenvalue weighted by atomic mass is 28.4. The Morgan fingerprint density at radius 3 is 2.39 bits per heavy atom. The molecule has 33 heavy (non-hydrogen) atoms. The summed E-state index contributed by atoms with van der Waals surface area (Å²) in [4.78, 5) is 11.7. The van der Waals surface area contributed by atoms with Gasteiger partial charge < -0.3 is 9.16 Å². The molecule has 190 valence electrons. The first-order valence-electron chi connectivity index (χ1n) is 14.3. The topological polar surface area (TPSA) is 35.5 Å². The molecule has 4 aliphatic carbocycles. The minimum atomic E-state index is -1.47. The Labute approximate surface area is 205 Å². The zero-order valence-electron chi connectivity index (χ0n) is 22.8. The number of carbonyl (C=O) groups excluding carboxylic acids is 1. The van der Waals surface area contributed by atoms with E-state index in [-0.39, 0.29) is 5.97 Å². The van der Waals surface area contributed by atoms with Crippen LogP contribution in [0.1, 0.15) is 98.3 Å². The van der Waals surface area contributed by atoms with Crippen LogP contribution < -0.4 is 0 Å². The summed E-state index contributed by atoms with van der Waals surface area (Å²) in [6.45, 7) is 14.9. The minimum absolute atomic E-state index is 0.0407. The average Bonchev–Trinajstić information content (AvgIpc) is 3.14. The van der Waals surface area contributed by atoms with Crippen LogP contribution in [0.15, 0.2) is 0 Å². The summed E-state index contributed by atoms with van der Waals surface area (Å²) in [7, 11) is 0.0464. The quantitative estimate of drug-likeness (QED) is 0.277. The van der Waals surface area contributed by atoms with E-state index < -0.39 is 8.32 Å². The van der Waals surface area contributed by atoms with Crippen molar-refractivity contribution < 1.29 is 14.0 Å². The van der Waals surface area contributed by atoms with Gasteiger partial charge in [0.1, 0.15) is 0 Å². The van der Waals surface area contributed by atoms with E-state index in [2.05, 4.69) is 40.8 Å². The van der Waals surface area contributed by atoms with E-state index in [1.807, 2.05) is 0 Å². The Balaban J connectivity index is 1.43. The Morgan fingerprint density at radius 1 is 1.00 bits per heavy atom. The first-order chi connectivity index (χ1) is 15.5. The van der Waals surface area contributed by atoms with Crippen molar-refractivity contribution in [3.05, 3.63) is 0 Å². The SMILES string of the molecule is CC[Si](C)(C)O[C@H]1CC[C@@]2(C)[C@H](CC[C@@H]3[C@@H]2CC[C@]2(C)[C@@H]([C@H](C)CCC(=O)OC)CC[C@@H]32)C1. The number of carbonyl (C=O) groups is 1. The van der Waals surface area contributed by atoms with Crippen LogP contribution in [0.2, 0.25) is 19.1 Å². The Bertz CT molecular complexity index is 707. The third-order valence-electron chi connectivity index (χ3n) is 11.7. The molecule has 4 rings (SSSR count). The normalized spacial score (nSPS) is 43.8. The Morgan fingerprint density at radius 2 is 1.70 bits per heavy atom. The zero-order chi connectivity index (χ0) is 24.0. The van der Waals surface area contributed by atoms with E-state index >= 15 is 0 Å². The van der Waals surface area contributed by atoms with Crippen LogP contribution in [0, 0.1) is 46.3 Å². The summed E-state index contributed by atoms with van der Waals surface area (Å²) in [5, 5.41) is 0. The summed E-state index contributed by atoms with van der Waals surface area (Å²) in [5.41, 5.74) is 1.02. The van der Waals surface area contributed by atoms with Gasteiger partial charge in [-0.15, -0.1) is 0 Å². The molecule has 0 aromatic carbocycles. The number of hydrogen-bond donors (Lipinski definition) is 0. The molecule has 0 spiro atoms. The molecule has 0 bridgehead atoms. The van der Waals surface area contributed by atoms with E-state index in [0.29, 0.717) is 29.3 Å². The van der Waals surface area contributed by atoms with Gasteiger partial charge in [-0.2, -0.15) is 0 Å². The predicted octanol–water partition coefficient (Wildman–Crippen LogP) is 7.84. The molecule has 4 saturated carbocycles. The first kappa shape index (κ1) is 25.7. The molecule has 0 amide bonds. The third kappa shape index (κ3) is 4.73. The molecule has 0 N–H and O–H groups in total. The van der Waals surface area contributed by atoms with E-state index in [4.69, 9.17) is 9.16 Å². The molecule has 0 aromatic rings. The smallest absolute Gasteiger partial charge is 0.305 e. The maximum atomic E-state index is 11.7. The van der Waals surface area contributed by atoms with Crippen molar-refractivity contribution in [2.24, 2.45) is 46.3 Å². The van der Waals surface area contributed by atoms with Gasteiger partial charge in [0.25, 0.3) is 0 Å². The van der Waals surface area contributed by atoms with Gasteiger partial charge in [-0.05, 0) is 130 Å². The lowest BCUT2D eigenvalue weighted by Crippen LogP contribution is -2.54. The molecule has 0 unspecified atom stereocenters. The molecule has 0 saturated heterocycles. The lowest BCUT2D eigenvalue weighted by Gasteiger charge is -2.61. The van der Waals surface area contributed by atoms with Crippen molar-refractivity contribution >= 4 is 14.3 Å². The fourth-order valence-corrected chi connectivity index (χ4v) is 10.8. The van der Waals surface area contributed by atoms with Crippen LogP contribution in [0.5, 0.6) is 0 Å². The minimum Gasteiger partial charge on any atom is -0.469 e. The lowest BCUT2D eigenvalue weighted by atomic mass is 9.44. The fourth-order valence-electron chi connectivity index (χ4n) is 9.48. The van der Waals surface area contributed by atoms with E-state index in [0.717, 1.165) is 36.0 Å². The van der Waals surface area contributed by atoms with E-state index in [1.165, 1.54) is 70.9 Å². The summed E-state index contributed by atoms with van der Waals surface area (Å²) < 4.78 is 11.7. The van der Waals surface area contributed by atoms with Gasteiger partial charge in [0.05, 0.1) is 7.11 Å². The molecule has 0 aliphatic heterocycles. The van der Waals surface area contributed by atoms with Crippen LogP contribution in [-0.4, -0.2) is 27.5 Å². The van der Waals surface area contributed by atoms with Crippen LogP contribution in [0.25, 0.3) is 0 Å². The van der Waals surface area contributed by atoms with Gasteiger partial charge in [0, 0.05) is 12.5 Å². The van der Waals surface area contributed by atoms with Crippen LogP contribution in [-0.2, 0) is 14.0 Å². The molecule has 9 atom stereocenters. The highest BCUT2D eigenvalue weighted by Crippen LogP contribution is 2.68. The average molecular weight is 477 g/mol. The van der Waals surface area contributed by atoms with Crippen molar-refractivity contribution in [1.29, 1.82) is 0 Å². The summed E-state index contributed by atoms with van der Waals surface area (Å²) in [6.07, 6.45) is 14.6. The summed E-state index contributed by atoms with van der Waals surface area (Å²) in [5.74, 6) is 5.00. The van der Waals surface area contributed by atoms with Crippen LogP contribution >= 0.6 is 0 Å². The Kier molecular flexibility index (Phi) is 7.48. The monoisotopic (exact) mass is 476 g/mol. The van der Waals surface area contributed by atoms with Gasteiger partial charge in [-0.25, -0.2) is 0 Å². The number of esters is 1. The number of rotatable bonds is 7. The number of ether oxygens (including phenoxy) is 1. The molecule has 4 aliphatic rings. The van der Waals surface area contributed by atoms with Crippen molar-refractivity contribution in [2.75, 3.05) is 7.11 Å². The molecule has 0 aromatic heterocycles. The van der Waals surface area contributed by atoms with E-state index in [9.17, 15) is 4.79 Å².